The Kier molecular flexibility index (Phi) is 3.41. The molecule has 2 heterocycles. The SMILES string of the molecule is CCNCc1occc1Cc1nccn1C. The Hall–Kier alpha value is -1.55. The Labute approximate surface area is 95.3 Å². The Morgan fingerprint density at radius 2 is 2.38 bits per heavy atom. The van der Waals surface area contributed by atoms with Crippen molar-refractivity contribution in [1.29, 1.82) is 0 Å². The molecular weight excluding hydrogens is 202 g/mol. The van der Waals surface area contributed by atoms with Crippen LogP contribution < -0.4 is 5.32 Å². The van der Waals surface area contributed by atoms with Crippen LogP contribution in [0.1, 0.15) is 24.1 Å². The van der Waals surface area contributed by atoms with Crippen molar-refractivity contribution in [2.24, 2.45) is 7.05 Å². The first-order valence-electron chi connectivity index (χ1n) is 5.53. The van der Waals surface area contributed by atoms with Crippen molar-refractivity contribution in [2.75, 3.05) is 6.54 Å². The molecule has 16 heavy (non-hydrogen) atoms. The van der Waals surface area contributed by atoms with Crippen LogP contribution in [0.5, 0.6) is 0 Å². The fourth-order valence-corrected chi connectivity index (χ4v) is 1.66. The van der Waals surface area contributed by atoms with Crippen molar-refractivity contribution in [2.45, 2.75) is 19.9 Å². The average molecular weight is 219 g/mol. The second-order valence-electron chi connectivity index (χ2n) is 3.78. The van der Waals surface area contributed by atoms with Crippen molar-refractivity contribution < 1.29 is 4.42 Å². The van der Waals surface area contributed by atoms with Crippen LogP contribution in [0.2, 0.25) is 0 Å². The van der Waals surface area contributed by atoms with E-state index in [0.29, 0.717) is 0 Å². The van der Waals surface area contributed by atoms with Gasteiger partial charge in [-0.1, -0.05) is 6.92 Å². The number of aryl methyl sites for hydroxylation is 1. The van der Waals surface area contributed by atoms with Gasteiger partial charge in [-0.25, -0.2) is 4.98 Å². The quantitative estimate of drug-likeness (QED) is 0.832. The number of furan rings is 1. The summed E-state index contributed by atoms with van der Waals surface area (Å²) in [6.07, 6.45) is 6.34. The van der Waals surface area contributed by atoms with Gasteiger partial charge >= 0.3 is 0 Å². The first-order valence-corrected chi connectivity index (χ1v) is 5.53. The Balaban J connectivity index is 2.09. The van der Waals surface area contributed by atoms with E-state index in [1.807, 2.05) is 30.1 Å². The third-order valence-corrected chi connectivity index (χ3v) is 2.64. The van der Waals surface area contributed by atoms with Gasteiger partial charge in [0.2, 0.25) is 0 Å². The van der Waals surface area contributed by atoms with Crippen LogP contribution in [-0.2, 0) is 20.0 Å². The summed E-state index contributed by atoms with van der Waals surface area (Å²) in [5, 5.41) is 3.26. The number of hydrogen-bond donors (Lipinski definition) is 1. The van der Waals surface area contributed by atoms with E-state index in [4.69, 9.17) is 4.42 Å². The van der Waals surface area contributed by atoms with Gasteiger partial charge in [-0.15, -0.1) is 0 Å². The Bertz CT molecular complexity index is 445. The molecule has 4 heteroatoms. The molecule has 0 aliphatic carbocycles. The summed E-state index contributed by atoms with van der Waals surface area (Å²) in [5.74, 6) is 2.06. The maximum atomic E-state index is 5.46. The fraction of sp³-hybridized carbons (Fsp3) is 0.417. The zero-order valence-corrected chi connectivity index (χ0v) is 9.73. The standard InChI is InChI=1S/C12H17N3O/c1-3-13-9-11-10(4-7-16-11)8-12-14-5-6-15(12)2/h4-7,13H,3,8-9H2,1-2H3. The summed E-state index contributed by atoms with van der Waals surface area (Å²) in [7, 11) is 2.01. The highest BCUT2D eigenvalue weighted by molar-refractivity contribution is 5.21. The number of imidazole rings is 1. The minimum Gasteiger partial charge on any atom is -0.468 e. The van der Waals surface area contributed by atoms with Gasteiger partial charge in [-0.2, -0.15) is 0 Å². The van der Waals surface area contributed by atoms with Crippen molar-refractivity contribution in [1.82, 2.24) is 14.9 Å². The van der Waals surface area contributed by atoms with Gasteiger partial charge in [0.05, 0.1) is 12.8 Å². The molecule has 1 N–H and O–H groups in total. The molecule has 0 saturated heterocycles. The number of nitrogens with zero attached hydrogens (tertiary/aromatic N) is 2. The molecule has 2 aromatic heterocycles. The lowest BCUT2D eigenvalue weighted by Crippen LogP contribution is -2.12. The molecule has 0 bridgehead atoms. The summed E-state index contributed by atoms with van der Waals surface area (Å²) < 4.78 is 7.49. The lowest BCUT2D eigenvalue weighted by Gasteiger charge is -2.03. The molecule has 86 valence electrons. The van der Waals surface area contributed by atoms with E-state index in [1.165, 1.54) is 5.56 Å². The van der Waals surface area contributed by atoms with Crippen molar-refractivity contribution in [3.8, 4) is 0 Å². The van der Waals surface area contributed by atoms with E-state index >= 15 is 0 Å². The lowest BCUT2D eigenvalue weighted by molar-refractivity contribution is 0.483. The van der Waals surface area contributed by atoms with Crippen molar-refractivity contribution >= 4 is 0 Å². The maximum absolute atomic E-state index is 5.46. The van der Waals surface area contributed by atoms with Gasteiger partial charge in [0, 0.05) is 31.4 Å². The Morgan fingerprint density at radius 1 is 1.50 bits per heavy atom. The van der Waals surface area contributed by atoms with Gasteiger partial charge in [-0.3, -0.25) is 0 Å². The van der Waals surface area contributed by atoms with Gasteiger partial charge < -0.3 is 14.3 Å². The van der Waals surface area contributed by atoms with Crippen LogP contribution in [0, 0.1) is 0 Å². The molecule has 0 aromatic carbocycles. The largest absolute Gasteiger partial charge is 0.468 e. The molecule has 0 spiro atoms. The highest BCUT2D eigenvalue weighted by Gasteiger charge is 2.08. The smallest absolute Gasteiger partial charge is 0.121 e. The van der Waals surface area contributed by atoms with E-state index in [1.54, 1.807) is 6.26 Å². The number of aromatic nitrogens is 2. The van der Waals surface area contributed by atoms with Crippen molar-refractivity contribution in [3.05, 3.63) is 41.9 Å². The third-order valence-electron chi connectivity index (χ3n) is 2.64. The van der Waals surface area contributed by atoms with Crippen LogP contribution >= 0.6 is 0 Å². The number of nitrogens with one attached hydrogen (secondary N) is 1. The molecule has 0 aliphatic heterocycles. The van der Waals surface area contributed by atoms with E-state index in [-0.39, 0.29) is 0 Å². The van der Waals surface area contributed by atoms with E-state index in [0.717, 1.165) is 31.1 Å². The molecule has 0 aliphatic rings. The summed E-state index contributed by atoms with van der Waals surface area (Å²) >= 11 is 0. The number of hydrogen-bond acceptors (Lipinski definition) is 3. The number of rotatable bonds is 5. The fourth-order valence-electron chi connectivity index (χ4n) is 1.66. The van der Waals surface area contributed by atoms with Crippen molar-refractivity contribution in [3.63, 3.8) is 0 Å². The highest BCUT2D eigenvalue weighted by Crippen LogP contribution is 2.14. The van der Waals surface area contributed by atoms with Crippen LogP contribution in [0.15, 0.2) is 29.1 Å². The minimum atomic E-state index is 0.781. The molecule has 2 rings (SSSR count). The van der Waals surface area contributed by atoms with Gasteiger partial charge in [0.1, 0.15) is 11.6 Å². The molecule has 0 saturated carbocycles. The molecule has 2 aromatic rings. The summed E-state index contributed by atoms with van der Waals surface area (Å²) in [5.41, 5.74) is 1.20. The van der Waals surface area contributed by atoms with Crippen LogP contribution in [0.25, 0.3) is 0 Å². The first-order chi connectivity index (χ1) is 7.81. The average Bonchev–Trinajstić information content (AvgIpc) is 2.87. The molecule has 0 amide bonds. The predicted octanol–water partition coefficient (Wildman–Crippen LogP) is 1.71. The maximum Gasteiger partial charge on any atom is 0.121 e. The summed E-state index contributed by atoms with van der Waals surface area (Å²) in [4.78, 5) is 4.31. The van der Waals surface area contributed by atoms with Crippen LogP contribution in [0.4, 0.5) is 0 Å². The van der Waals surface area contributed by atoms with Gasteiger partial charge in [0.25, 0.3) is 0 Å². The zero-order valence-electron chi connectivity index (χ0n) is 9.73. The topological polar surface area (TPSA) is 43.0 Å². The lowest BCUT2D eigenvalue weighted by atomic mass is 10.1. The van der Waals surface area contributed by atoms with Crippen LogP contribution in [-0.4, -0.2) is 16.1 Å². The molecule has 4 nitrogen and oxygen atoms in total. The van der Waals surface area contributed by atoms with Crippen LogP contribution in [0.3, 0.4) is 0 Å². The van der Waals surface area contributed by atoms with E-state index < -0.39 is 0 Å². The Morgan fingerprint density at radius 3 is 3.06 bits per heavy atom. The molecule has 0 unspecified atom stereocenters. The molecule has 0 atom stereocenters. The highest BCUT2D eigenvalue weighted by atomic mass is 16.3. The summed E-state index contributed by atoms with van der Waals surface area (Å²) in [6, 6.07) is 2.02. The van der Waals surface area contributed by atoms with Gasteiger partial charge in [-0.05, 0) is 12.6 Å². The van der Waals surface area contributed by atoms with E-state index in [9.17, 15) is 0 Å². The zero-order chi connectivity index (χ0) is 11.4. The first kappa shape index (κ1) is 11.0. The minimum absolute atomic E-state index is 0.781. The monoisotopic (exact) mass is 219 g/mol. The van der Waals surface area contributed by atoms with Gasteiger partial charge in [0.15, 0.2) is 0 Å². The molecular formula is C12H17N3O. The second kappa shape index (κ2) is 4.99. The normalized spacial score (nSPS) is 10.9. The molecule has 0 fully saturated rings. The molecule has 0 radical (unpaired) electrons. The second-order valence-corrected chi connectivity index (χ2v) is 3.78. The predicted molar refractivity (Wildman–Crippen MR) is 62.1 cm³/mol. The van der Waals surface area contributed by atoms with E-state index in [2.05, 4.69) is 17.2 Å². The third kappa shape index (κ3) is 2.33. The summed E-state index contributed by atoms with van der Waals surface area (Å²) in [6.45, 7) is 3.81.